The molecular formula is C32H37F. The standard InChI is InChI=1S/C32H37F/c1-3-4-5-6-7-8-25-11-13-26(14-12-25)15-16-27-17-21-31-29(23-27)20-22-30(32(31)33)28-18-9-24(2)10-19-28/h11-14,17,20-24,28H,3-10,18-19H2,1-2H3. The molecule has 1 heteroatoms. The van der Waals surface area contributed by atoms with Crippen LogP contribution in [-0.4, -0.2) is 0 Å². The third kappa shape index (κ3) is 6.26. The van der Waals surface area contributed by atoms with Crippen LogP contribution in [0.25, 0.3) is 10.8 Å². The highest BCUT2D eigenvalue weighted by Gasteiger charge is 2.23. The topological polar surface area (TPSA) is 0 Å². The van der Waals surface area contributed by atoms with E-state index in [0.29, 0.717) is 5.92 Å². The van der Waals surface area contributed by atoms with Crippen molar-refractivity contribution in [1.29, 1.82) is 0 Å². The fraction of sp³-hybridized carbons (Fsp3) is 0.438. The zero-order valence-electron chi connectivity index (χ0n) is 20.3. The summed E-state index contributed by atoms with van der Waals surface area (Å²) in [6.07, 6.45) is 12.3. The number of halogens is 1. The van der Waals surface area contributed by atoms with E-state index in [4.69, 9.17) is 0 Å². The van der Waals surface area contributed by atoms with Crippen LogP contribution >= 0.6 is 0 Å². The normalized spacial score (nSPS) is 18.2. The zero-order valence-corrected chi connectivity index (χ0v) is 20.3. The first-order valence-corrected chi connectivity index (χ1v) is 13.0. The van der Waals surface area contributed by atoms with E-state index in [1.807, 2.05) is 24.3 Å². The lowest BCUT2D eigenvalue weighted by atomic mass is 9.79. The number of aryl methyl sites for hydroxylation is 1. The molecule has 4 rings (SSSR count). The Morgan fingerprint density at radius 2 is 1.48 bits per heavy atom. The van der Waals surface area contributed by atoms with Gasteiger partial charge < -0.3 is 0 Å². The molecule has 0 radical (unpaired) electrons. The summed E-state index contributed by atoms with van der Waals surface area (Å²) in [6, 6.07) is 18.6. The lowest BCUT2D eigenvalue weighted by Crippen LogP contribution is -2.12. The van der Waals surface area contributed by atoms with Crippen LogP contribution in [0.15, 0.2) is 54.6 Å². The monoisotopic (exact) mass is 440 g/mol. The lowest BCUT2D eigenvalue weighted by molar-refractivity contribution is 0.343. The van der Waals surface area contributed by atoms with E-state index < -0.39 is 0 Å². The molecule has 1 fully saturated rings. The summed E-state index contributed by atoms with van der Waals surface area (Å²) in [7, 11) is 0. The molecular weight excluding hydrogens is 403 g/mol. The van der Waals surface area contributed by atoms with Crippen LogP contribution in [0.3, 0.4) is 0 Å². The quantitative estimate of drug-likeness (QED) is 0.254. The van der Waals surface area contributed by atoms with E-state index in [1.54, 1.807) is 0 Å². The van der Waals surface area contributed by atoms with Crippen LogP contribution in [0.5, 0.6) is 0 Å². The minimum absolute atomic E-state index is 0.0307. The van der Waals surface area contributed by atoms with Crippen molar-refractivity contribution >= 4 is 10.8 Å². The molecule has 0 heterocycles. The highest BCUT2D eigenvalue weighted by molar-refractivity contribution is 5.85. The fourth-order valence-electron chi connectivity index (χ4n) is 5.10. The van der Waals surface area contributed by atoms with Gasteiger partial charge in [0, 0.05) is 16.5 Å². The molecule has 3 aromatic carbocycles. The first-order chi connectivity index (χ1) is 16.1. The van der Waals surface area contributed by atoms with Gasteiger partial charge in [-0.25, -0.2) is 4.39 Å². The molecule has 0 N–H and O–H groups in total. The van der Waals surface area contributed by atoms with Gasteiger partial charge in [-0.05, 0) is 78.3 Å². The smallest absolute Gasteiger partial charge is 0.134 e. The lowest BCUT2D eigenvalue weighted by Gasteiger charge is -2.27. The summed E-state index contributed by atoms with van der Waals surface area (Å²) in [5, 5.41) is 1.66. The van der Waals surface area contributed by atoms with Gasteiger partial charge in [0.15, 0.2) is 0 Å². The maximum absolute atomic E-state index is 15.3. The van der Waals surface area contributed by atoms with Crippen molar-refractivity contribution in [3.05, 3.63) is 82.7 Å². The van der Waals surface area contributed by atoms with Crippen molar-refractivity contribution in [1.82, 2.24) is 0 Å². The van der Waals surface area contributed by atoms with Crippen LogP contribution in [0.4, 0.5) is 4.39 Å². The Hall–Kier alpha value is -2.59. The minimum Gasteiger partial charge on any atom is -0.206 e. The predicted molar refractivity (Wildman–Crippen MR) is 139 cm³/mol. The van der Waals surface area contributed by atoms with E-state index in [9.17, 15) is 0 Å². The second-order valence-corrected chi connectivity index (χ2v) is 9.97. The van der Waals surface area contributed by atoms with Gasteiger partial charge in [0.05, 0.1) is 0 Å². The molecule has 3 aromatic rings. The number of unbranched alkanes of at least 4 members (excludes halogenated alkanes) is 4. The predicted octanol–water partition coefficient (Wildman–Crippen LogP) is 9.19. The van der Waals surface area contributed by atoms with Gasteiger partial charge in [0.1, 0.15) is 5.82 Å². The van der Waals surface area contributed by atoms with Crippen molar-refractivity contribution in [3.8, 4) is 11.8 Å². The molecule has 1 aliphatic rings. The Bertz CT molecular complexity index is 1100. The van der Waals surface area contributed by atoms with E-state index >= 15 is 4.39 Å². The summed E-state index contributed by atoms with van der Waals surface area (Å²) in [5.74, 6) is 7.65. The number of hydrogen-bond acceptors (Lipinski definition) is 0. The molecule has 0 atom stereocenters. The Balaban J connectivity index is 1.42. The maximum atomic E-state index is 15.3. The van der Waals surface area contributed by atoms with E-state index in [1.165, 1.54) is 50.5 Å². The molecule has 0 unspecified atom stereocenters. The van der Waals surface area contributed by atoms with Gasteiger partial charge in [-0.3, -0.25) is 0 Å². The molecule has 0 amide bonds. The Kier molecular flexibility index (Phi) is 8.22. The minimum atomic E-state index is -0.0307. The Labute approximate surface area is 199 Å². The van der Waals surface area contributed by atoms with Gasteiger partial charge in [-0.2, -0.15) is 0 Å². The second kappa shape index (κ2) is 11.5. The van der Waals surface area contributed by atoms with Crippen molar-refractivity contribution in [2.45, 2.75) is 84.0 Å². The van der Waals surface area contributed by atoms with E-state index in [0.717, 1.165) is 52.6 Å². The van der Waals surface area contributed by atoms with Gasteiger partial charge >= 0.3 is 0 Å². The van der Waals surface area contributed by atoms with E-state index in [2.05, 4.69) is 56.0 Å². The molecule has 1 saturated carbocycles. The molecule has 0 saturated heterocycles. The Morgan fingerprint density at radius 1 is 0.788 bits per heavy atom. The SMILES string of the molecule is CCCCCCCc1ccc(C#Cc2ccc3c(F)c(C4CCC(C)CC4)ccc3c2)cc1. The molecule has 172 valence electrons. The van der Waals surface area contributed by atoms with Crippen molar-refractivity contribution in [2.24, 2.45) is 5.92 Å². The highest BCUT2D eigenvalue weighted by atomic mass is 19.1. The third-order valence-electron chi connectivity index (χ3n) is 7.31. The summed E-state index contributed by atoms with van der Waals surface area (Å²) in [4.78, 5) is 0. The molecule has 1 aliphatic carbocycles. The van der Waals surface area contributed by atoms with Gasteiger partial charge in [-0.1, -0.05) is 94.5 Å². The first-order valence-electron chi connectivity index (χ1n) is 13.0. The summed E-state index contributed by atoms with van der Waals surface area (Å²) >= 11 is 0. The van der Waals surface area contributed by atoms with Crippen LogP contribution in [-0.2, 0) is 6.42 Å². The number of rotatable bonds is 7. The zero-order chi connectivity index (χ0) is 23.0. The van der Waals surface area contributed by atoms with Crippen molar-refractivity contribution in [3.63, 3.8) is 0 Å². The summed E-state index contributed by atoms with van der Waals surface area (Å²) < 4.78 is 15.3. The van der Waals surface area contributed by atoms with Gasteiger partial charge in [0.25, 0.3) is 0 Å². The average Bonchev–Trinajstić information content (AvgIpc) is 2.84. The number of hydrogen-bond donors (Lipinski definition) is 0. The number of benzene rings is 3. The molecule has 0 aromatic heterocycles. The van der Waals surface area contributed by atoms with Gasteiger partial charge in [0.2, 0.25) is 0 Å². The summed E-state index contributed by atoms with van der Waals surface area (Å²) in [5.41, 5.74) is 4.25. The van der Waals surface area contributed by atoms with Crippen LogP contribution in [0.1, 0.15) is 99.8 Å². The highest BCUT2D eigenvalue weighted by Crippen LogP contribution is 2.38. The van der Waals surface area contributed by atoms with E-state index in [-0.39, 0.29) is 5.82 Å². The fourth-order valence-corrected chi connectivity index (χ4v) is 5.10. The molecule has 33 heavy (non-hydrogen) atoms. The molecule has 0 aliphatic heterocycles. The number of fused-ring (bicyclic) bond motifs is 1. The molecule has 0 spiro atoms. The summed E-state index contributed by atoms with van der Waals surface area (Å²) in [6.45, 7) is 4.56. The molecule has 0 nitrogen and oxygen atoms in total. The van der Waals surface area contributed by atoms with Crippen LogP contribution in [0, 0.1) is 23.6 Å². The average molecular weight is 441 g/mol. The van der Waals surface area contributed by atoms with Crippen LogP contribution < -0.4 is 0 Å². The maximum Gasteiger partial charge on any atom is 0.134 e. The first kappa shape index (κ1) is 23.6. The van der Waals surface area contributed by atoms with Crippen molar-refractivity contribution < 1.29 is 4.39 Å². The third-order valence-corrected chi connectivity index (χ3v) is 7.31. The Morgan fingerprint density at radius 3 is 2.24 bits per heavy atom. The van der Waals surface area contributed by atoms with Crippen LogP contribution in [0.2, 0.25) is 0 Å². The molecule has 0 bridgehead atoms. The van der Waals surface area contributed by atoms with Gasteiger partial charge in [-0.15, -0.1) is 0 Å². The second-order valence-electron chi connectivity index (χ2n) is 9.97. The largest absolute Gasteiger partial charge is 0.206 e. The van der Waals surface area contributed by atoms with Crippen molar-refractivity contribution in [2.75, 3.05) is 0 Å².